The summed E-state index contributed by atoms with van der Waals surface area (Å²) in [6.45, 7) is 0.0889. The lowest BCUT2D eigenvalue weighted by Gasteiger charge is -2.09. The molecule has 0 aromatic heterocycles. The first kappa shape index (κ1) is 10.8. The third-order valence-electron chi connectivity index (χ3n) is 2.21. The van der Waals surface area contributed by atoms with Crippen LogP contribution < -0.4 is 10.5 Å². The predicted molar refractivity (Wildman–Crippen MR) is 66.4 cm³/mol. The second-order valence-corrected chi connectivity index (χ2v) is 3.81. The van der Waals surface area contributed by atoms with E-state index in [1.165, 1.54) is 0 Å². The number of nitrogens with one attached hydrogen (secondary N) is 1. The van der Waals surface area contributed by atoms with Crippen LogP contribution in [-0.4, -0.2) is 12.4 Å². The molecule has 3 nitrogen and oxygen atoms in total. The van der Waals surface area contributed by atoms with Crippen molar-refractivity contribution in [2.75, 3.05) is 6.61 Å². The number of hydrogen-bond acceptors (Lipinski definition) is 2. The van der Waals surface area contributed by atoms with Crippen LogP contribution in [0.15, 0.2) is 36.4 Å². The lowest BCUT2D eigenvalue weighted by molar-refractivity contribution is 0.379. The van der Waals surface area contributed by atoms with Crippen LogP contribution in [0.4, 0.5) is 0 Å². The van der Waals surface area contributed by atoms with Gasteiger partial charge in [0.2, 0.25) is 0 Å². The Labute approximate surface area is 98.3 Å². The molecule has 0 saturated carbocycles. The molecule has 0 radical (unpaired) electrons. The Morgan fingerprint density at radius 3 is 2.56 bits per heavy atom. The van der Waals surface area contributed by atoms with Crippen LogP contribution in [0.1, 0.15) is 0 Å². The Balaban J connectivity index is 2.46. The molecule has 0 aliphatic heterocycles. The fourth-order valence-electron chi connectivity index (χ4n) is 1.52. The molecule has 0 atom stereocenters. The first-order valence-electron chi connectivity index (χ1n) is 4.81. The molecule has 0 heterocycles. The highest BCUT2D eigenvalue weighted by Crippen LogP contribution is 2.31. The van der Waals surface area contributed by atoms with Crippen molar-refractivity contribution in [3.63, 3.8) is 0 Å². The van der Waals surface area contributed by atoms with Gasteiger partial charge in [-0.3, -0.25) is 5.41 Å². The molecule has 0 unspecified atom stereocenters. The molecule has 0 aliphatic carbocycles. The summed E-state index contributed by atoms with van der Waals surface area (Å²) < 4.78 is 5.43. The maximum Gasteiger partial charge on any atom is 0.145 e. The first-order valence-corrected chi connectivity index (χ1v) is 5.19. The topological polar surface area (TPSA) is 59.1 Å². The van der Waals surface area contributed by atoms with E-state index in [-0.39, 0.29) is 12.4 Å². The summed E-state index contributed by atoms with van der Waals surface area (Å²) in [4.78, 5) is 0. The quantitative estimate of drug-likeness (QED) is 0.634. The maximum absolute atomic E-state index is 7.12. The van der Waals surface area contributed by atoms with Crippen LogP contribution in [0.2, 0.25) is 5.02 Å². The molecule has 4 heteroatoms. The number of rotatable bonds is 3. The van der Waals surface area contributed by atoms with Crippen molar-refractivity contribution in [1.82, 2.24) is 0 Å². The summed E-state index contributed by atoms with van der Waals surface area (Å²) in [5, 5.41) is 9.67. The van der Waals surface area contributed by atoms with Crippen molar-refractivity contribution < 1.29 is 4.74 Å². The van der Waals surface area contributed by atoms with Gasteiger partial charge in [-0.25, -0.2) is 0 Å². The van der Waals surface area contributed by atoms with Gasteiger partial charge >= 0.3 is 0 Å². The minimum atomic E-state index is -0.000897. The summed E-state index contributed by atoms with van der Waals surface area (Å²) >= 11 is 6.07. The second kappa shape index (κ2) is 4.41. The van der Waals surface area contributed by atoms with Crippen LogP contribution in [0.3, 0.4) is 0 Å². The van der Waals surface area contributed by atoms with E-state index in [2.05, 4.69) is 0 Å². The van der Waals surface area contributed by atoms with Crippen molar-refractivity contribution in [2.45, 2.75) is 0 Å². The number of ether oxygens (including phenoxy) is 1. The van der Waals surface area contributed by atoms with E-state index in [1.54, 1.807) is 12.1 Å². The molecule has 0 amide bonds. The van der Waals surface area contributed by atoms with E-state index in [1.807, 2.05) is 24.3 Å². The van der Waals surface area contributed by atoms with Gasteiger partial charge in [0.1, 0.15) is 18.2 Å². The molecule has 0 saturated heterocycles. The van der Waals surface area contributed by atoms with Crippen molar-refractivity contribution in [3.8, 4) is 5.75 Å². The fourth-order valence-corrected chi connectivity index (χ4v) is 1.74. The summed E-state index contributed by atoms with van der Waals surface area (Å²) in [5.74, 6) is 0.689. The molecule has 82 valence electrons. The third-order valence-corrected chi connectivity index (χ3v) is 2.54. The van der Waals surface area contributed by atoms with Gasteiger partial charge in [-0.1, -0.05) is 35.9 Å². The third kappa shape index (κ3) is 2.09. The summed E-state index contributed by atoms with van der Waals surface area (Å²) in [6.07, 6.45) is 0. The fraction of sp³-hybridized carbons (Fsp3) is 0.0833. The Morgan fingerprint density at radius 2 is 1.88 bits per heavy atom. The number of nitrogens with two attached hydrogens (primary N) is 1. The lowest BCUT2D eigenvalue weighted by Crippen LogP contribution is -2.19. The molecular formula is C12H11ClN2O. The van der Waals surface area contributed by atoms with Gasteiger partial charge in [0, 0.05) is 15.8 Å². The molecule has 0 aliphatic rings. The van der Waals surface area contributed by atoms with Crippen LogP contribution in [-0.2, 0) is 0 Å². The first-order chi connectivity index (χ1) is 7.68. The standard InChI is InChI=1S/C12H11ClN2O/c13-10-5-6-11(16-7-12(14)15)9-4-2-1-3-8(9)10/h1-6H,7H2,(H3,14,15). The highest BCUT2D eigenvalue weighted by atomic mass is 35.5. The van der Waals surface area contributed by atoms with Crippen LogP contribution in [0, 0.1) is 5.41 Å². The van der Waals surface area contributed by atoms with Crippen molar-refractivity contribution in [3.05, 3.63) is 41.4 Å². The average Bonchev–Trinajstić information content (AvgIpc) is 2.28. The molecular weight excluding hydrogens is 224 g/mol. The molecule has 0 spiro atoms. The number of hydrogen-bond donors (Lipinski definition) is 2. The van der Waals surface area contributed by atoms with Crippen molar-refractivity contribution in [1.29, 1.82) is 5.41 Å². The van der Waals surface area contributed by atoms with Crippen molar-refractivity contribution >= 4 is 28.2 Å². The zero-order valence-electron chi connectivity index (χ0n) is 8.53. The van der Waals surface area contributed by atoms with E-state index in [9.17, 15) is 0 Å². The Hall–Kier alpha value is -1.74. The average molecular weight is 235 g/mol. The number of benzene rings is 2. The highest BCUT2D eigenvalue weighted by molar-refractivity contribution is 6.35. The van der Waals surface area contributed by atoms with E-state index in [0.717, 1.165) is 10.8 Å². The van der Waals surface area contributed by atoms with Crippen LogP contribution in [0.5, 0.6) is 5.75 Å². The minimum absolute atomic E-state index is 0.000897. The molecule has 3 N–H and O–H groups in total. The SMILES string of the molecule is N=C(N)COc1ccc(Cl)c2ccccc12. The van der Waals surface area contributed by atoms with E-state index in [0.29, 0.717) is 10.8 Å². The maximum atomic E-state index is 7.12. The van der Waals surface area contributed by atoms with Gasteiger partial charge in [0.25, 0.3) is 0 Å². The number of halogens is 1. The Kier molecular flexibility index (Phi) is 2.97. The van der Waals surface area contributed by atoms with Crippen molar-refractivity contribution in [2.24, 2.45) is 5.73 Å². The zero-order valence-corrected chi connectivity index (χ0v) is 9.29. The Bertz CT molecular complexity index is 540. The van der Waals surface area contributed by atoms with E-state index < -0.39 is 0 Å². The van der Waals surface area contributed by atoms with E-state index in [4.69, 9.17) is 27.5 Å². The van der Waals surface area contributed by atoms with Gasteiger partial charge in [-0.05, 0) is 12.1 Å². The van der Waals surface area contributed by atoms with E-state index >= 15 is 0 Å². The minimum Gasteiger partial charge on any atom is -0.485 e. The van der Waals surface area contributed by atoms with Crippen LogP contribution in [0.25, 0.3) is 10.8 Å². The summed E-state index contributed by atoms with van der Waals surface area (Å²) in [6, 6.07) is 11.3. The zero-order chi connectivity index (χ0) is 11.5. The Morgan fingerprint density at radius 1 is 1.19 bits per heavy atom. The molecule has 16 heavy (non-hydrogen) atoms. The van der Waals surface area contributed by atoms with Crippen LogP contribution >= 0.6 is 11.6 Å². The van der Waals surface area contributed by atoms with Gasteiger partial charge in [-0.15, -0.1) is 0 Å². The summed E-state index contributed by atoms with van der Waals surface area (Å²) in [7, 11) is 0. The monoisotopic (exact) mass is 234 g/mol. The molecule has 2 aromatic rings. The van der Waals surface area contributed by atoms with Gasteiger partial charge < -0.3 is 10.5 Å². The summed E-state index contributed by atoms with van der Waals surface area (Å²) in [5.41, 5.74) is 5.25. The number of amidine groups is 1. The molecule has 0 bridgehead atoms. The molecule has 2 rings (SSSR count). The highest BCUT2D eigenvalue weighted by Gasteiger charge is 2.05. The molecule has 2 aromatic carbocycles. The van der Waals surface area contributed by atoms with Gasteiger partial charge in [0.15, 0.2) is 0 Å². The number of fused-ring (bicyclic) bond motifs is 1. The van der Waals surface area contributed by atoms with Gasteiger partial charge in [-0.2, -0.15) is 0 Å². The second-order valence-electron chi connectivity index (χ2n) is 3.41. The normalized spacial score (nSPS) is 10.3. The predicted octanol–water partition coefficient (Wildman–Crippen LogP) is 2.81. The largest absolute Gasteiger partial charge is 0.485 e. The lowest BCUT2D eigenvalue weighted by atomic mass is 10.1. The van der Waals surface area contributed by atoms with Gasteiger partial charge in [0.05, 0.1) is 0 Å². The molecule has 0 fully saturated rings. The smallest absolute Gasteiger partial charge is 0.145 e.